The van der Waals surface area contributed by atoms with Crippen molar-refractivity contribution in [2.24, 2.45) is 13.0 Å². The summed E-state index contributed by atoms with van der Waals surface area (Å²) >= 11 is 0. The molecule has 0 amide bonds. The fourth-order valence-electron chi connectivity index (χ4n) is 4.78. The molecule has 0 radical (unpaired) electrons. The zero-order valence-electron chi connectivity index (χ0n) is 16.0. The van der Waals surface area contributed by atoms with Crippen molar-refractivity contribution in [1.82, 2.24) is 4.57 Å². The third-order valence-corrected chi connectivity index (χ3v) is 6.12. The largest absolute Gasteiger partial charge is 1.00 e. The third-order valence-electron chi connectivity index (χ3n) is 6.12. The molecule has 4 rings (SSSR count). The van der Waals surface area contributed by atoms with E-state index in [1.807, 2.05) is 0 Å². The van der Waals surface area contributed by atoms with Crippen LogP contribution in [0.4, 0.5) is 0 Å². The van der Waals surface area contributed by atoms with Crippen LogP contribution >= 0.6 is 0 Å². The Hall–Kier alpha value is -1.10. The van der Waals surface area contributed by atoms with E-state index in [0.29, 0.717) is 0 Å². The van der Waals surface area contributed by atoms with Gasteiger partial charge in [0.25, 0.3) is 0 Å². The summed E-state index contributed by atoms with van der Waals surface area (Å²) < 4.78 is 4.79. The molecular formula is C23H31IN2. The number of para-hydroxylation sites is 1. The lowest BCUT2D eigenvalue weighted by molar-refractivity contribution is -0.644. The molecule has 26 heavy (non-hydrogen) atoms. The Labute approximate surface area is 174 Å². The van der Waals surface area contributed by atoms with Crippen molar-refractivity contribution in [3.05, 3.63) is 42.6 Å². The summed E-state index contributed by atoms with van der Waals surface area (Å²) in [5.41, 5.74) is 4.12. The monoisotopic (exact) mass is 462 g/mol. The Kier molecular flexibility index (Phi) is 6.96. The van der Waals surface area contributed by atoms with E-state index >= 15 is 0 Å². The molecule has 1 aliphatic rings. The van der Waals surface area contributed by atoms with E-state index in [1.165, 1.54) is 79.7 Å². The zero-order chi connectivity index (χ0) is 17.1. The minimum atomic E-state index is 0. The number of hydrogen-bond donors (Lipinski definition) is 0. The molecule has 0 atom stereocenters. The van der Waals surface area contributed by atoms with E-state index in [0.717, 1.165) is 12.5 Å². The maximum Gasteiger partial charge on any atom is 0.238 e. The molecule has 0 saturated heterocycles. The van der Waals surface area contributed by atoms with Gasteiger partial charge < -0.3 is 28.5 Å². The summed E-state index contributed by atoms with van der Waals surface area (Å²) in [6.45, 7) is 1.14. The summed E-state index contributed by atoms with van der Waals surface area (Å²) in [6.07, 6.45) is 15.1. The fraction of sp³-hybridized carbons (Fsp3) is 0.522. The van der Waals surface area contributed by atoms with Gasteiger partial charge in [-0.05, 0) is 30.5 Å². The predicted octanol–water partition coefficient (Wildman–Crippen LogP) is 2.76. The highest BCUT2D eigenvalue weighted by molar-refractivity contribution is 6.03. The van der Waals surface area contributed by atoms with Crippen molar-refractivity contribution >= 4 is 21.9 Å². The number of aryl methyl sites for hydroxylation is 2. The van der Waals surface area contributed by atoms with Crippen LogP contribution < -0.4 is 28.5 Å². The first-order chi connectivity index (χ1) is 12.3. The van der Waals surface area contributed by atoms with Crippen LogP contribution in [-0.2, 0) is 13.6 Å². The SMILES string of the molecule is C[n+]1cccc2c1c1ccccc1n2CCCCCC1CCCCC1.[I-]. The molecule has 3 heteroatoms. The highest BCUT2D eigenvalue weighted by Gasteiger charge is 2.17. The second kappa shape index (κ2) is 9.20. The Bertz CT molecular complexity index is 846. The van der Waals surface area contributed by atoms with Crippen LogP contribution in [0.5, 0.6) is 0 Å². The Morgan fingerprint density at radius 2 is 1.69 bits per heavy atom. The smallest absolute Gasteiger partial charge is 0.238 e. The highest BCUT2D eigenvalue weighted by atomic mass is 127. The maximum absolute atomic E-state index is 2.53. The van der Waals surface area contributed by atoms with Crippen molar-refractivity contribution in [3.63, 3.8) is 0 Å². The van der Waals surface area contributed by atoms with Gasteiger partial charge in [-0.2, -0.15) is 4.57 Å². The summed E-state index contributed by atoms with van der Waals surface area (Å²) in [4.78, 5) is 0. The normalized spacial score (nSPS) is 15.4. The van der Waals surface area contributed by atoms with Gasteiger partial charge in [-0.25, -0.2) is 0 Å². The first-order valence-electron chi connectivity index (χ1n) is 10.2. The summed E-state index contributed by atoms with van der Waals surface area (Å²) in [6, 6.07) is 13.3. The van der Waals surface area contributed by atoms with Gasteiger partial charge in [0.05, 0.1) is 10.9 Å². The molecule has 3 aromatic rings. The van der Waals surface area contributed by atoms with Crippen molar-refractivity contribution < 1.29 is 28.5 Å². The number of nitrogens with zero attached hydrogens (tertiary/aromatic N) is 2. The Morgan fingerprint density at radius 1 is 0.923 bits per heavy atom. The van der Waals surface area contributed by atoms with Crippen molar-refractivity contribution in [3.8, 4) is 0 Å². The molecule has 1 fully saturated rings. The van der Waals surface area contributed by atoms with Crippen LogP contribution in [0.1, 0.15) is 57.8 Å². The lowest BCUT2D eigenvalue weighted by Gasteiger charge is -2.21. The molecule has 1 aliphatic carbocycles. The van der Waals surface area contributed by atoms with Gasteiger partial charge in [0.15, 0.2) is 6.20 Å². The Morgan fingerprint density at radius 3 is 2.54 bits per heavy atom. The molecule has 0 N–H and O–H groups in total. The Balaban J connectivity index is 0.00000196. The number of pyridine rings is 1. The van der Waals surface area contributed by atoms with Crippen LogP contribution in [0.25, 0.3) is 21.9 Å². The summed E-state index contributed by atoms with van der Waals surface area (Å²) in [5.74, 6) is 1.03. The molecule has 1 saturated carbocycles. The van der Waals surface area contributed by atoms with Gasteiger partial charge in [-0.1, -0.05) is 63.5 Å². The number of halogens is 1. The number of aromatic nitrogens is 2. The molecule has 0 aliphatic heterocycles. The van der Waals surface area contributed by atoms with Crippen LogP contribution in [0.3, 0.4) is 0 Å². The third kappa shape index (κ3) is 4.08. The van der Waals surface area contributed by atoms with Crippen LogP contribution in [0.2, 0.25) is 0 Å². The molecule has 2 nitrogen and oxygen atoms in total. The molecule has 2 aromatic heterocycles. The molecular weight excluding hydrogens is 431 g/mol. The van der Waals surface area contributed by atoms with E-state index < -0.39 is 0 Å². The van der Waals surface area contributed by atoms with Crippen LogP contribution in [0, 0.1) is 5.92 Å². The molecule has 0 spiro atoms. The van der Waals surface area contributed by atoms with Gasteiger partial charge >= 0.3 is 0 Å². The molecule has 0 unspecified atom stereocenters. The minimum Gasteiger partial charge on any atom is -1.00 e. The average molecular weight is 462 g/mol. The standard InChI is InChI=1S/C23H31N2.HI/c1-24-17-10-16-22-23(24)20-14-7-8-15-21(20)25(22)18-9-3-6-13-19-11-4-2-5-12-19;/h7-8,10,14-17,19H,2-6,9,11-13,18H2,1H3;1H/q+1;/p-1. The highest BCUT2D eigenvalue weighted by Crippen LogP contribution is 2.29. The predicted molar refractivity (Wildman–Crippen MR) is 106 cm³/mol. The van der Waals surface area contributed by atoms with Gasteiger partial charge in [0, 0.05) is 12.6 Å². The lowest BCUT2D eigenvalue weighted by atomic mass is 9.85. The van der Waals surface area contributed by atoms with E-state index in [2.05, 4.69) is 58.8 Å². The van der Waals surface area contributed by atoms with E-state index in [9.17, 15) is 0 Å². The molecule has 2 heterocycles. The average Bonchev–Trinajstić information content (AvgIpc) is 2.98. The molecule has 0 bridgehead atoms. The molecule has 140 valence electrons. The first-order valence-corrected chi connectivity index (χ1v) is 10.2. The number of unbranched alkanes of at least 4 members (excludes halogenated alkanes) is 2. The van der Waals surface area contributed by atoms with E-state index in [1.54, 1.807) is 0 Å². The molecule has 1 aromatic carbocycles. The van der Waals surface area contributed by atoms with Crippen molar-refractivity contribution in [2.75, 3.05) is 0 Å². The number of benzene rings is 1. The van der Waals surface area contributed by atoms with Gasteiger partial charge in [-0.15, -0.1) is 0 Å². The van der Waals surface area contributed by atoms with Crippen LogP contribution in [-0.4, -0.2) is 4.57 Å². The van der Waals surface area contributed by atoms with Gasteiger partial charge in [-0.3, -0.25) is 0 Å². The maximum atomic E-state index is 2.53. The van der Waals surface area contributed by atoms with E-state index in [4.69, 9.17) is 0 Å². The fourth-order valence-corrected chi connectivity index (χ4v) is 4.78. The number of fused-ring (bicyclic) bond motifs is 3. The second-order valence-electron chi connectivity index (χ2n) is 7.88. The summed E-state index contributed by atoms with van der Waals surface area (Å²) in [5, 5.41) is 1.38. The number of rotatable bonds is 6. The van der Waals surface area contributed by atoms with Crippen LogP contribution in [0.15, 0.2) is 42.6 Å². The van der Waals surface area contributed by atoms with Gasteiger partial charge in [0.2, 0.25) is 5.52 Å². The second-order valence-corrected chi connectivity index (χ2v) is 7.88. The quantitative estimate of drug-likeness (QED) is 0.303. The lowest BCUT2D eigenvalue weighted by Crippen LogP contribution is -3.00. The zero-order valence-corrected chi connectivity index (χ0v) is 18.1. The van der Waals surface area contributed by atoms with Crippen molar-refractivity contribution in [1.29, 1.82) is 0 Å². The minimum absolute atomic E-state index is 0. The van der Waals surface area contributed by atoms with Gasteiger partial charge in [0.1, 0.15) is 12.6 Å². The van der Waals surface area contributed by atoms with E-state index in [-0.39, 0.29) is 24.0 Å². The van der Waals surface area contributed by atoms with Crippen molar-refractivity contribution in [2.45, 2.75) is 64.3 Å². The summed E-state index contributed by atoms with van der Waals surface area (Å²) in [7, 11) is 2.16. The number of hydrogen-bond acceptors (Lipinski definition) is 0. The first kappa shape index (κ1) is 19.7. The topological polar surface area (TPSA) is 8.81 Å².